The van der Waals surface area contributed by atoms with Crippen molar-refractivity contribution in [2.24, 2.45) is 0 Å². The largest absolute Gasteiger partial charge is 0.389 e. The van der Waals surface area contributed by atoms with Gasteiger partial charge >= 0.3 is 0 Å². The van der Waals surface area contributed by atoms with Gasteiger partial charge in [0.1, 0.15) is 0 Å². The van der Waals surface area contributed by atoms with Crippen molar-refractivity contribution in [1.29, 1.82) is 0 Å². The summed E-state index contributed by atoms with van der Waals surface area (Å²) in [5, 5.41) is 9.41. The van der Waals surface area contributed by atoms with E-state index in [2.05, 4.69) is 35.5 Å². The van der Waals surface area contributed by atoms with E-state index in [9.17, 15) is 5.11 Å². The zero-order valence-electron chi connectivity index (χ0n) is 10.9. The highest BCUT2D eigenvalue weighted by Crippen LogP contribution is 1.97. The summed E-state index contributed by atoms with van der Waals surface area (Å²) < 4.78 is 0. The van der Waals surface area contributed by atoms with Crippen LogP contribution >= 0.6 is 0 Å². The number of rotatable bonds is 5. The minimum absolute atomic E-state index is 0.349. The van der Waals surface area contributed by atoms with Crippen LogP contribution in [0.25, 0.3) is 0 Å². The highest BCUT2D eigenvalue weighted by atomic mass is 16.3. The van der Waals surface area contributed by atoms with Crippen LogP contribution in [0.2, 0.25) is 0 Å². The maximum atomic E-state index is 9.41. The Hall–Kier alpha value is -2.14. The standard InChI is InChI=1S/C17H18O/c1-3-5-6-7-8-9-10-11-12-13-14-16-17(18)15-4-2/h10-14,16-18H,4,15H2,1-2H3/b11-10+,13-12+,16-14+/t17-/m1/s1. The second-order valence-electron chi connectivity index (χ2n) is 3.38. The second kappa shape index (κ2) is 12.9. The molecule has 0 aromatic carbocycles. The molecule has 1 heteroatoms. The van der Waals surface area contributed by atoms with Gasteiger partial charge in [-0.25, -0.2) is 0 Å². The Bertz CT molecular complexity index is 473. The van der Waals surface area contributed by atoms with Crippen molar-refractivity contribution >= 4 is 0 Å². The third kappa shape index (κ3) is 11.9. The molecule has 0 aromatic heterocycles. The molecule has 1 atom stereocenters. The van der Waals surface area contributed by atoms with Crippen LogP contribution in [0.5, 0.6) is 0 Å². The number of allylic oxidation sites excluding steroid dienone is 5. The lowest BCUT2D eigenvalue weighted by Gasteiger charge is -1.99. The molecule has 0 aliphatic rings. The quantitative estimate of drug-likeness (QED) is 0.577. The van der Waals surface area contributed by atoms with Crippen molar-refractivity contribution in [1.82, 2.24) is 0 Å². The zero-order chi connectivity index (χ0) is 13.5. The molecule has 92 valence electrons. The van der Waals surface area contributed by atoms with Crippen LogP contribution in [0, 0.1) is 35.5 Å². The third-order valence-corrected chi connectivity index (χ3v) is 1.82. The maximum absolute atomic E-state index is 9.41. The molecule has 0 bridgehead atoms. The molecule has 0 fully saturated rings. The average molecular weight is 238 g/mol. The molecule has 0 aliphatic carbocycles. The minimum Gasteiger partial charge on any atom is -0.389 e. The summed E-state index contributed by atoms with van der Waals surface area (Å²) in [5.41, 5.74) is 0. The van der Waals surface area contributed by atoms with Crippen molar-refractivity contribution in [3.63, 3.8) is 0 Å². The van der Waals surface area contributed by atoms with E-state index >= 15 is 0 Å². The summed E-state index contributed by atoms with van der Waals surface area (Å²) in [6.45, 7) is 3.78. The van der Waals surface area contributed by atoms with Crippen molar-refractivity contribution in [3.8, 4) is 35.5 Å². The Kier molecular flexibility index (Phi) is 11.4. The number of hydrogen-bond donors (Lipinski definition) is 1. The highest BCUT2D eigenvalue weighted by molar-refractivity contribution is 5.37. The molecule has 0 heterocycles. The third-order valence-electron chi connectivity index (χ3n) is 1.82. The summed E-state index contributed by atoms with van der Waals surface area (Å²) in [4.78, 5) is 0. The van der Waals surface area contributed by atoms with E-state index in [1.807, 2.05) is 31.2 Å². The summed E-state index contributed by atoms with van der Waals surface area (Å²) in [7, 11) is 0. The fourth-order valence-corrected chi connectivity index (χ4v) is 1.02. The first kappa shape index (κ1) is 15.9. The summed E-state index contributed by atoms with van der Waals surface area (Å²) in [5.74, 6) is 15.9. The van der Waals surface area contributed by atoms with Gasteiger partial charge in [0.2, 0.25) is 0 Å². The predicted octanol–water partition coefficient (Wildman–Crippen LogP) is 2.85. The zero-order valence-corrected chi connectivity index (χ0v) is 10.9. The van der Waals surface area contributed by atoms with Crippen LogP contribution in [0.4, 0.5) is 0 Å². The maximum Gasteiger partial charge on any atom is 0.0723 e. The van der Waals surface area contributed by atoms with Crippen LogP contribution in [-0.2, 0) is 0 Å². The Morgan fingerprint density at radius 2 is 1.72 bits per heavy atom. The molecule has 1 N–H and O–H groups in total. The number of hydrogen-bond acceptors (Lipinski definition) is 1. The van der Waals surface area contributed by atoms with E-state index in [0.717, 1.165) is 12.8 Å². The Morgan fingerprint density at radius 1 is 1.00 bits per heavy atom. The van der Waals surface area contributed by atoms with Gasteiger partial charge in [-0.15, -0.1) is 0 Å². The van der Waals surface area contributed by atoms with Crippen molar-refractivity contribution < 1.29 is 5.11 Å². The molecule has 0 amide bonds. The Balaban J connectivity index is 3.95. The predicted molar refractivity (Wildman–Crippen MR) is 77.3 cm³/mol. The van der Waals surface area contributed by atoms with Crippen LogP contribution in [0.15, 0.2) is 36.5 Å². The number of aliphatic hydroxyl groups excluding tert-OH is 1. The number of aliphatic hydroxyl groups is 1. The van der Waals surface area contributed by atoms with Gasteiger partial charge in [0.25, 0.3) is 0 Å². The van der Waals surface area contributed by atoms with Crippen LogP contribution in [-0.4, -0.2) is 11.2 Å². The van der Waals surface area contributed by atoms with Gasteiger partial charge in [-0.05, 0) is 43.1 Å². The molecular formula is C17H18O. The molecule has 0 aliphatic heterocycles. The summed E-state index contributed by atoms with van der Waals surface area (Å²) >= 11 is 0. The van der Waals surface area contributed by atoms with E-state index in [-0.39, 0.29) is 6.10 Å². The molecule has 0 saturated heterocycles. The monoisotopic (exact) mass is 238 g/mol. The Labute approximate surface area is 110 Å². The van der Waals surface area contributed by atoms with Crippen molar-refractivity contribution in [2.45, 2.75) is 32.8 Å². The lowest BCUT2D eigenvalue weighted by Crippen LogP contribution is -1.99. The first-order valence-electron chi connectivity index (χ1n) is 5.91. The lowest BCUT2D eigenvalue weighted by molar-refractivity contribution is 0.211. The molecule has 0 aromatic rings. The van der Waals surface area contributed by atoms with E-state index in [4.69, 9.17) is 0 Å². The topological polar surface area (TPSA) is 20.2 Å². The Morgan fingerprint density at radius 3 is 2.44 bits per heavy atom. The first-order chi connectivity index (χ1) is 8.81. The van der Waals surface area contributed by atoms with Crippen molar-refractivity contribution in [2.75, 3.05) is 0 Å². The fourth-order valence-electron chi connectivity index (χ4n) is 1.02. The van der Waals surface area contributed by atoms with Crippen LogP contribution < -0.4 is 0 Å². The highest BCUT2D eigenvalue weighted by Gasteiger charge is 1.92. The molecule has 18 heavy (non-hydrogen) atoms. The fraction of sp³-hybridized carbons (Fsp3) is 0.294. The minimum atomic E-state index is -0.349. The molecule has 0 rings (SSSR count). The van der Waals surface area contributed by atoms with Crippen molar-refractivity contribution in [3.05, 3.63) is 36.5 Å². The first-order valence-corrected chi connectivity index (χ1v) is 5.91. The average Bonchev–Trinajstić information content (AvgIpc) is 2.36. The van der Waals surface area contributed by atoms with Gasteiger partial charge in [0.15, 0.2) is 0 Å². The van der Waals surface area contributed by atoms with E-state index in [1.54, 1.807) is 19.1 Å². The van der Waals surface area contributed by atoms with Gasteiger partial charge in [-0.3, -0.25) is 0 Å². The molecule has 0 saturated carbocycles. The van der Waals surface area contributed by atoms with Gasteiger partial charge in [-0.1, -0.05) is 55.6 Å². The summed E-state index contributed by atoms with van der Waals surface area (Å²) in [6, 6.07) is 0. The molecular weight excluding hydrogens is 220 g/mol. The second-order valence-corrected chi connectivity index (χ2v) is 3.38. The van der Waals surface area contributed by atoms with E-state index < -0.39 is 0 Å². The van der Waals surface area contributed by atoms with Gasteiger partial charge in [0, 0.05) is 0 Å². The van der Waals surface area contributed by atoms with Crippen LogP contribution in [0.1, 0.15) is 26.7 Å². The lowest BCUT2D eigenvalue weighted by atomic mass is 10.2. The molecule has 0 spiro atoms. The van der Waals surface area contributed by atoms with E-state index in [1.165, 1.54) is 0 Å². The SMILES string of the molecule is CC#CC#CC#C/C=C/C=C/C=C/[C@H](O)CCC. The van der Waals surface area contributed by atoms with Gasteiger partial charge < -0.3 is 5.11 Å². The van der Waals surface area contributed by atoms with Crippen LogP contribution in [0.3, 0.4) is 0 Å². The van der Waals surface area contributed by atoms with Gasteiger partial charge in [-0.2, -0.15) is 0 Å². The molecule has 0 radical (unpaired) electrons. The molecule has 1 nitrogen and oxygen atoms in total. The van der Waals surface area contributed by atoms with E-state index in [0.29, 0.717) is 0 Å². The summed E-state index contributed by atoms with van der Waals surface area (Å²) in [6.07, 6.45) is 12.3. The smallest absolute Gasteiger partial charge is 0.0723 e. The molecule has 0 unspecified atom stereocenters. The normalized spacial score (nSPS) is 11.5. The van der Waals surface area contributed by atoms with Gasteiger partial charge in [0.05, 0.1) is 6.10 Å².